The van der Waals surface area contributed by atoms with E-state index in [9.17, 15) is 10.3 Å². The lowest BCUT2D eigenvalue weighted by atomic mass is 10.2. The molecule has 0 radical (unpaired) electrons. The molecule has 0 aromatic rings. The van der Waals surface area contributed by atoms with Gasteiger partial charge in [-0.2, -0.15) is 0 Å². The van der Waals surface area contributed by atoms with E-state index in [0.29, 0.717) is 19.6 Å². The van der Waals surface area contributed by atoms with E-state index in [0.717, 1.165) is 13.1 Å². The van der Waals surface area contributed by atoms with E-state index in [2.05, 4.69) is 4.90 Å². The second kappa shape index (κ2) is 2.88. The maximum Gasteiger partial charge on any atom is 0.203 e. The number of quaternary nitrogens is 1. The van der Waals surface area contributed by atoms with Crippen molar-refractivity contribution in [1.29, 1.82) is 0 Å². The second-order valence-electron chi connectivity index (χ2n) is 3.18. The molecule has 11 heavy (non-hydrogen) atoms. The Balaban J connectivity index is 0.000000605. The molecule has 3 saturated heterocycles. The van der Waals surface area contributed by atoms with Crippen LogP contribution in [0.25, 0.3) is 0 Å². The molecule has 4 nitrogen and oxygen atoms in total. The average Bonchev–Trinajstić information content (AvgIpc) is 1.92. The van der Waals surface area contributed by atoms with Crippen molar-refractivity contribution in [2.75, 3.05) is 32.7 Å². The Morgan fingerprint density at radius 3 is 2.18 bits per heavy atom. The number of rotatable bonds is 0. The van der Waals surface area contributed by atoms with E-state index in [1.54, 1.807) is 0 Å². The van der Waals surface area contributed by atoms with E-state index in [4.69, 9.17) is 0 Å². The van der Waals surface area contributed by atoms with Crippen LogP contribution in [0.4, 0.5) is 0 Å². The summed E-state index contributed by atoms with van der Waals surface area (Å²) in [5, 5.41) is 20.8. The summed E-state index contributed by atoms with van der Waals surface area (Å²) in [6.45, 7) is 3.44. The normalized spacial score (nSPS) is 48.5. The molecule has 3 rings (SSSR count). The fourth-order valence-electron chi connectivity index (χ4n) is 1.71. The van der Waals surface area contributed by atoms with E-state index < -0.39 is 6.23 Å². The standard InChI is InChI=1S/C6H12N2O2.ClH/c9-6-5-7-1-3-8(6,10)4-2-7;/h6,9H,1-5H2;1H. The van der Waals surface area contributed by atoms with E-state index in [-0.39, 0.29) is 17.1 Å². The van der Waals surface area contributed by atoms with Crippen molar-refractivity contribution in [3.63, 3.8) is 0 Å². The highest BCUT2D eigenvalue weighted by Crippen LogP contribution is 2.21. The first kappa shape index (κ1) is 9.22. The van der Waals surface area contributed by atoms with Crippen LogP contribution < -0.4 is 0 Å². The lowest BCUT2D eigenvalue weighted by molar-refractivity contribution is -0.941. The molecule has 0 spiro atoms. The summed E-state index contributed by atoms with van der Waals surface area (Å²) < 4.78 is -0.365. The number of aliphatic hydroxyl groups excluding tert-OH is 1. The number of halogens is 1. The maximum absolute atomic E-state index is 11.5. The largest absolute Gasteiger partial charge is 0.631 e. The molecule has 0 aromatic carbocycles. The van der Waals surface area contributed by atoms with E-state index in [1.165, 1.54) is 0 Å². The molecule has 3 fully saturated rings. The van der Waals surface area contributed by atoms with Gasteiger partial charge in [-0.15, -0.1) is 12.4 Å². The Hall–Kier alpha value is 0.130. The van der Waals surface area contributed by atoms with Crippen molar-refractivity contribution in [3.05, 3.63) is 5.21 Å². The van der Waals surface area contributed by atoms with Gasteiger partial charge in [-0.1, -0.05) is 0 Å². The van der Waals surface area contributed by atoms with Crippen LogP contribution in [0.5, 0.6) is 0 Å². The van der Waals surface area contributed by atoms with Gasteiger partial charge in [-0.05, 0) is 0 Å². The van der Waals surface area contributed by atoms with Gasteiger partial charge in [-0.3, -0.25) is 4.90 Å². The van der Waals surface area contributed by atoms with Gasteiger partial charge in [0.05, 0.1) is 19.6 Å². The summed E-state index contributed by atoms with van der Waals surface area (Å²) >= 11 is 0. The highest BCUT2D eigenvalue weighted by Gasteiger charge is 2.39. The van der Waals surface area contributed by atoms with Gasteiger partial charge in [0.15, 0.2) is 0 Å². The number of hydrogen-bond donors (Lipinski definition) is 1. The van der Waals surface area contributed by atoms with Crippen LogP contribution in [0.2, 0.25) is 0 Å². The summed E-state index contributed by atoms with van der Waals surface area (Å²) in [6, 6.07) is 0. The quantitative estimate of drug-likeness (QED) is 0.399. The lowest BCUT2D eigenvalue weighted by Gasteiger charge is -2.56. The number of piperazine rings is 3. The zero-order valence-electron chi connectivity index (χ0n) is 6.27. The van der Waals surface area contributed by atoms with Crippen molar-refractivity contribution >= 4 is 12.4 Å². The first-order valence-electron chi connectivity index (χ1n) is 3.69. The molecule has 1 N–H and O–H groups in total. The molecule has 0 saturated carbocycles. The molecule has 2 bridgehead atoms. The zero-order chi connectivity index (χ0) is 7.19. The molecule has 3 heterocycles. The fourth-order valence-corrected chi connectivity index (χ4v) is 1.71. The van der Waals surface area contributed by atoms with Gasteiger partial charge in [0.25, 0.3) is 0 Å². The molecule has 3 aliphatic heterocycles. The van der Waals surface area contributed by atoms with Crippen molar-refractivity contribution in [3.8, 4) is 0 Å². The van der Waals surface area contributed by atoms with Crippen LogP contribution >= 0.6 is 12.4 Å². The molecule has 0 aromatic heterocycles. The summed E-state index contributed by atoms with van der Waals surface area (Å²) in [5.74, 6) is 0. The van der Waals surface area contributed by atoms with Gasteiger partial charge in [-0.25, -0.2) is 0 Å². The molecule has 5 heteroatoms. The van der Waals surface area contributed by atoms with Crippen LogP contribution in [0.15, 0.2) is 0 Å². The molecule has 3 aliphatic rings. The third-order valence-electron chi connectivity index (χ3n) is 2.55. The van der Waals surface area contributed by atoms with Gasteiger partial charge < -0.3 is 15.0 Å². The first-order chi connectivity index (χ1) is 4.71. The summed E-state index contributed by atoms with van der Waals surface area (Å²) in [4.78, 5) is 2.14. The van der Waals surface area contributed by atoms with E-state index >= 15 is 0 Å². The minimum atomic E-state index is -0.678. The SMILES string of the molecule is Cl.[O-][N+]12CCN(CC1)CC2O. The summed E-state index contributed by atoms with van der Waals surface area (Å²) in [6.07, 6.45) is -0.678. The highest BCUT2D eigenvalue weighted by molar-refractivity contribution is 5.85. The third-order valence-corrected chi connectivity index (χ3v) is 2.55. The maximum atomic E-state index is 11.5. The van der Waals surface area contributed by atoms with Crippen LogP contribution in [0, 0.1) is 5.21 Å². The Morgan fingerprint density at radius 2 is 1.91 bits per heavy atom. The summed E-state index contributed by atoms with van der Waals surface area (Å²) in [7, 11) is 0. The smallest absolute Gasteiger partial charge is 0.203 e. The topological polar surface area (TPSA) is 46.5 Å². The van der Waals surface area contributed by atoms with Gasteiger partial charge >= 0.3 is 0 Å². The van der Waals surface area contributed by atoms with Crippen LogP contribution in [0.3, 0.4) is 0 Å². The molecule has 1 atom stereocenters. The monoisotopic (exact) mass is 180 g/mol. The predicted molar refractivity (Wildman–Crippen MR) is 43.1 cm³/mol. The molecular formula is C6H13ClN2O2. The number of nitrogens with zero attached hydrogens (tertiary/aromatic N) is 2. The van der Waals surface area contributed by atoms with Gasteiger partial charge in [0.1, 0.15) is 0 Å². The molecule has 66 valence electrons. The van der Waals surface area contributed by atoms with Crippen LogP contribution in [-0.2, 0) is 0 Å². The highest BCUT2D eigenvalue weighted by atomic mass is 35.5. The second-order valence-corrected chi connectivity index (χ2v) is 3.18. The van der Waals surface area contributed by atoms with Crippen molar-refractivity contribution in [2.45, 2.75) is 6.23 Å². The molecule has 0 amide bonds. The predicted octanol–water partition coefficient (Wildman–Crippen LogP) is -0.630. The van der Waals surface area contributed by atoms with E-state index in [1.807, 2.05) is 0 Å². The lowest BCUT2D eigenvalue weighted by Crippen LogP contribution is -2.69. The van der Waals surface area contributed by atoms with Gasteiger partial charge in [0, 0.05) is 13.1 Å². The number of hydrogen-bond acceptors (Lipinski definition) is 3. The molecule has 1 unspecified atom stereocenters. The number of aliphatic hydroxyl groups is 1. The van der Waals surface area contributed by atoms with Crippen LogP contribution in [-0.4, -0.2) is 53.6 Å². The minimum Gasteiger partial charge on any atom is -0.631 e. The Labute approximate surface area is 72.0 Å². The molecule has 0 aliphatic carbocycles. The third kappa shape index (κ3) is 1.37. The Bertz CT molecular complexity index is 148. The molecular weight excluding hydrogens is 168 g/mol. The van der Waals surface area contributed by atoms with Crippen LogP contribution in [0.1, 0.15) is 0 Å². The number of fused-ring (bicyclic) bond motifs is 3. The average molecular weight is 181 g/mol. The fraction of sp³-hybridized carbons (Fsp3) is 1.00. The summed E-state index contributed by atoms with van der Waals surface area (Å²) in [5.41, 5.74) is 0. The van der Waals surface area contributed by atoms with Gasteiger partial charge in [0.2, 0.25) is 6.23 Å². The first-order valence-corrected chi connectivity index (χ1v) is 3.69. The Morgan fingerprint density at radius 1 is 1.36 bits per heavy atom. The Kier molecular flexibility index (Phi) is 2.41. The minimum absolute atomic E-state index is 0. The van der Waals surface area contributed by atoms with Crippen molar-refractivity contribution in [2.24, 2.45) is 0 Å². The van der Waals surface area contributed by atoms with Crippen molar-refractivity contribution < 1.29 is 9.75 Å². The zero-order valence-corrected chi connectivity index (χ0v) is 7.09. The number of hydroxylamine groups is 3. The van der Waals surface area contributed by atoms with Crippen molar-refractivity contribution in [1.82, 2.24) is 4.90 Å².